The summed E-state index contributed by atoms with van der Waals surface area (Å²) in [6.07, 6.45) is 5.88. The van der Waals surface area contributed by atoms with Crippen molar-refractivity contribution < 1.29 is 23.5 Å². The third-order valence-electron chi connectivity index (χ3n) is 8.96. The van der Waals surface area contributed by atoms with Crippen LogP contribution in [0.4, 0.5) is 14.5 Å². The van der Waals surface area contributed by atoms with Gasteiger partial charge in [0.1, 0.15) is 6.67 Å². The van der Waals surface area contributed by atoms with E-state index < -0.39 is 46.9 Å². The van der Waals surface area contributed by atoms with Crippen LogP contribution in [0.15, 0.2) is 54.1 Å². The van der Waals surface area contributed by atoms with Crippen molar-refractivity contribution in [2.75, 3.05) is 12.4 Å². The van der Waals surface area contributed by atoms with E-state index in [-0.39, 0.29) is 18.1 Å². The zero-order valence-electron chi connectivity index (χ0n) is 21.3. The van der Waals surface area contributed by atoms with Gasteiger partial charge in [-0.15, -0.1) is 0 Å². The van der Waals surface area contributed by atoms with E-state index in [4.69, 9.17) is 5.73 Å². The summed E-state index contributed by atoms with van der Waals surface area (Å²) in [5, 5.41) is 11.0. The molecule has 0 aromatic heterocycles. The molecule has 0 saturated heterocycles. The Hall–Kier alpha value is -2.34. The molecule has 3 saturated carbocycles. The van der Waals surface area contributed by atoms with Crippen LogP contribution in [-0.4, -0.2) is 35.1 Å². The first-order valence-corrected chi connectivity index (χ1v) is 12.8. The molecule has 4 aliphatic rings. The maximum absolute atomic E-state index is 16.7. The van der Waals surface area contributed by atoms with Crippen LogP contribution in [0.25, 0.3) is 0 Å². The van der Waals surface area contributed by atoms with Crippen LogP contribution >= 0.6 is 0 Å². The van der Waals surface area contributed by atoms with Crippen LogP contribution < -0.4 is 5.73 Å². The number of hydrogen-bond acceptors (Lipinski definition) is 4. The fourth-order valence-corrected chi connectivity index (χ4v) is 7.28. The number of aliphatic hydroxyl groups is 1. The zero-order valence-corrected chi connectivity index (χ0v) is 21.3. The molecule has 0 radical (unpaired) electrons. The van der Waals surface area contributed by atoms with E-state index in [2.05, 4.69) is 0 Å². The van der Waals surface area contributed by atoms with Crippen molar-refractivity contribution in [2.45, 2.75) is 71.6 Å². The number of nitrogen functional groups attached to an aromatic ring is 1. The molecular weight excluding hydrogens is 448 g/mol. The third kappa shape index (κ3) is 4.39. The predicted molar refractivity (Wildman–Crippen MR) is 135 cm³/mol. The molecule has 0 aliphatic heterocycles. The number of carbonyl (C=O) groups is 2. The molecule has 4 aliphatic carbocycles. The number of Topliss-reactive ketones (excluding diaryl/α,β-unsaturated/α-hetero) is 1. The van der Waals surface area contributed by atoms with Crippen molar-refractivity contribution in [1.29, 1.82) is 0 Å². The number of hydrogen-bond donors (Lipinski definition) is 2. The fourth-order valence-electron chi connectivity index (χ4n) is 7.28. The molecule has 1 aromatic carbocycles. The van der Waals surface area contributed by atoms with E-state index in [1.807, 2.05) is 51.1 Å². The number of nitrogens with two attached hydrogens (primary N) is 1. The molecule has 3 fully saturated rings. The Kier molecular flexibility index (Phi) is 8.05. The summed E-state index contributed by atoms with van der Waals surface area (Å²) in [5.74, 6) is -1.44. The fraction of sp³-hybridized carbons (Fsp3) is 0.586. The molecule has 6 unspecified atom stereocenters. The van der Waals surface area contributed by atoms with Gasteiger partial charge in [-0.05, 0) is 74.6 Å². The minimum absolute atomic E-state index is 0.0548. The first-order chi connectivity index (χ1) is 16.6. The van der Waals surface area contributed by atoms with Crippen molar-refractivity contribution >= 4 is 17.3 Å². The first kappa shape index (κ1) is 27.3. The summed E-state index contributed by atoms with van der Waals surface area (Å²) in [6.45, 7) is 6.71. The summed E-state index contributed by atoms with van der Waals surface area (Å²) in [4.78, 5) is 23.9. The number of aliphatic hydroxyl groups excluding tert-OH is 1. The van der Waals surface area contributed by atoms with Crippen LogP contribution in [0, 0.1) is 28.6 Å². The minimum atomic E-state index is -1.87. The largest absolute Gasteiger partial charge is 0.399 e. The molecule has 1 aromatic rings. The first-order valence-electron chi connectivity index (χ1n) is 12.8. The lowest BCUT2D eigenvalue weighted by atomic mass is 9.45. The van der Waals surface area contributed by atoms with Crippen molar-refractivity contribution in [3.63, 3.8) is 0 Å². The molecule has 0 amide bonds. The van der Waals surface area contributed by atoms with Crippen LogP contribution in [0.2, 0.25) is 0 Å². The van der Waals surface area contributed by atoms with Gasteiger partial charge in [-0.3, -0.25) is 9.59 Å². The Balaban J connectivity index is 0.000000324. The van der Waals surface area contributed by atoms with Gasteiger partial charge in [0.2, 0.25) is 0 Å². The van der Waals surface area contributed by atoms with Crippen molar-refractivity contribution in [3.8, 4) is 0 Å². The monoisotopic (exact) mass is 487 g/mol. The normalized spacial score (nSPS) is 38.9. The van der Waals surface area contributed by atoms with Crippen LogP contribution in [0.5, 0.6) is 0 Å². The average molecular weight is 488 g/mol. The van der Waals surface area contributed by atoms with Gasteiger partial charge >= 0.3 is 0 Å². The minimum Gasteiger partial charge on any atom is -0.399 e. The maximum atomic E-state index is 16.7. The molecule has 0 spiro atoms. The van der Waals surface area contributed by atoms with E-state index in [9.17, 15) is 19.1 Å². The summed E-state index contributed by atoms with van der Waals surface area (Å²) in [6, 6.07) is 9.49. The van der Waals surface area contributed by atoms with Crippen molar-refractivity contribution in [3.05, 3.63) is 54.1 Å². The van der Waals surface area contributed by atoms with Gasteiger partial charge in [-0.1, -0.05) is 50.6 Å². The Labute approximate surface area is 207 Å². The Morgan fingerprint density at radius 3 is 2.34 bits per heavy atom. The standard InChI is InChI=1S/C21H26F2O3.C6H7N.C2H6/c1-19-10-18(26)21(23)15(14(19)5-6-16(19)17(25)11-22)4-3-12-9-13(24)7-8-20(12,21)2;7-6-4-2-1-3-5-6;1-2/h7-9,14-16,18,26H,3-6,10-11H2,1-2H3;1-5H,7H2;1-2H3/t14?,15?,16?,18?,19?,20?,21-;;/m0../s1. The van der Waals surface area contributed by atoms with Gasteiger partial charge in [0.05, 0.1) is 6.10 Å². The molecule has 4 nitrogen and oxygen atoms in total. The highest BCUT2D eigenvalue weighted by molar-refractivity contribution is 6.01. The highest BCUT2D eigenvalue weighted by Crippen LogP contribution is 2.68. The van der Waals surface area contributed by atoms with E-state index in [1.54, 1.807) is 13.0 Å². The lowest BCUT2D eigenvalue weighted by Crippen LogP contribution is -2.66. The predicted octanol–water partition coefficient (Wildman–Crippen LogP) is 5.81. The zero-order chi connectivity index (χ0) is 26.0. The van der Waals surface area contributed by atoms with Crippen molar-refractivity contribution in [1.82, 2.24) is 0 Å². The molecule has 0 bridgehead atoms. The third-order valence-corrected chi connectivity index (χ3v) is 8.96. The maximum Gasteiger partial charge on any atom is 0.178 e. The van der Waals surface area contributed by atoms with Gasteiger partial charge in [0.15, 0.2) is 17.2 Å². The van der Waals surface area contributed by atoms with Gasteiger partial charge in [-0.25, -0.2) is 8.78 Å². The van der Waals surface area contributed by atoms with E-state index in [1.165, 1.54) is 12.2 Å². The molecule has 6 heteroatoms. The van der Waals surface area contributed by atoms with Crippen LogP contribution in [-0.2, 0) is 9.59 Å². The van der Waals surface area contributed by atoms with Gasteiger partial charge < -0.3 is 10.8 Å². The van der Waals surface area contributed by atoms with E-state index >= 15 is 4.39 Å². The number of carbonyl (C=O) groups excluding carboxylic acids is 2. The van der Waals surface area contributed by atoms with Crippen LogP contribution in [0.3, 0.4) is 0 Å². The second-order valence-corrected chi connectivity index (χ2v) is 10.5. The average Bonchev–Trinajstić information content (AvgIpc) is 3.18. The summed E-state index contributed by atoms with van der Waals surface area (Å²) in [5.41, 5.74) is 3.49. The van der Waals surface area contributed by atoms with Crippen molar-refractivity contribution in [2.24, 2.45) is 28.6 Å². The number of allylic oxidation sites excluding steroid dienone is 4. The summed E-state index contributed by atoms with van der Waals surface area (Å²) < 4.78 is 29.7. The number of ketones is 2. The number of rotatable bonds is 2. The number of anilines is 1. The topological polar surface area (TPSA) is 80.4 Å². The molecule has 192 valence electrons. The second kappa shape index (κ2) is 10.3. The summed E-state index contributed by atoms with van der Waals surface area (Å²) in [7, 11) is 0. The van der Waals surface area contributed by atoms with Crippen LogP contribution in [0.1, 0.15) is 59.8 Å². The molecule has 3 N–H and O–H groups in total. The number of fused-ring (bicyclic) bond motifs is 5. The lowest BCUT2D eigenvalue weighted by Gasteiger charge is -2.61. The Morgan fingerprint density at radius 1 is 1.11 bits per heavy atom. The smallest absolute Gasteiger partial charge is 0.178 e. The molecule has 0 heterocycles. The summed E-state index contributed by atoms with van der Waals surface area (Å²) >= 11 is 0. The molecule has 35 heavy (non-hydrogen) atoms. The highest BCUT2D eigenvalue weighted by atomic mass is 19.1. The number of halogens is 2. The quantitative estimate of drug-likeness (QED) is 0.516. The number of alkyl halides is 2. The SMILES string of the molecule is CC.CC12CC(O)[C@@]3(F)C(CCC4=CC(=O)C=CC43C)C1CCC2C(=O)CF.Nc1ccccc1. The Bertz CT molecular complexity index is 993. The molecule has 7 atom stereocenters. The number of benzene rings is 1. The molecule has 5 rings (SSSR count). The van der Waals surface area contributed by atoms with Gasteiger partial charge in [0, 0.05) is 22.9 Å². The number of para-hydroxylation sites is 1. The van der Waals surface area contributed by atoms with Gasteiger partial charge in [-0.2, -0.15) is 0 Å². The van der Waals surface area contributed by atoms with E-state index in [0.29, 0.717) is 25.7 Å². The lowest BCUT2D eigenvalue weighted by molar-refractivity contribution is -0.195. The van der Waals surface area contributed by atoms with Gasteiger partial charge in [0.25, 0.3) is 0 Å². The molecular formula is C29H39F2NO3. The second-order valence-electron chi connectivity index (χ2n) is 10.5. The Morgan fingerprint density at radius 2 is 1.77 bits per heavy atom. The highest BCUT2D eigenvalue weighted by Gasteiger charge is 2.70. The van der Waals surface area contributed by atoms with E-state index in [0.717, 1.165) is 11.3 Å².